The van der Waals surface area contributed by atoms with Crippen LogP contribution >= 0.6 is 11.6 Å². The van der Waals surface area contributed by atoms with E-state index >= 15 is 0 Å². The van der Waals surface area contributed by atoms with Gasteiger partial charge in [0, 0.05) is 35.4 Å². The van der Waals surface area contributed by atoms with Crippen molar-refractivity contribution in [3.8, 4) is 11.3 Å². The third-order valence-electron chi connectivity index (χ3n) is 6.15. The standard InChI is InChI=1S/C25H24ClFN4O4/c1-2-34-25(33)19-10-23(29-24(20(19)14-32)18-6-3-16(26)9-21(18)27)30-7-8-35-22(13-30)15-11-28-31(12-15)17-4-5-17/h3,6,9-12,14,17,22H,2,4-5,7-8,13H2,1H3. The molecule has 2 fully saturated rings. The van der Waals surface area contributed by atoms with Crippen LogP contribution in [0.1, 0.15) is 58.2 Å². The van der Waals surface area contributed by atoms with Crippen molar-refractivity contribution in [3.05, 3.63) is 64.2 Å². The van der Waals surface area contributed by atoms with Crippen molar-refractivity contribution >= 4 is 29.7 Å². The number of morpholine rings is 1. The van der Waals surface area contributed by atoms with E-state index in [-0.39, 0.29) is 40.1 Å². The number of anilines is 1. The maximum absolute atomic E-state index is 14.9. The van der Waals surface area contributed by atoms with Crippen molar-refractivity contribution in [2.45, 2.75) is 31.9 Å². The Kier molecular flexibility index (Phi) is 6.53. The minimum absolute atomic E-state index is 0.0285. The van der Waals surface area contributed by atoms with Gasteiger partial charge in [0.1, 0.15) is 17.7 Å². The van der Waals surface area contributed by atoms with E-state index in [0.29, 0.717) is 37.8 Å². The Balaban J connectivity index is 1.54. The zero-order valence-corrected chi connectivity index (χ0v) is 19.9. The first-order chi connectivity index (χ1) is 17.0. The predicted octanol–water partition coefficient (Wildman–Crippen LogP) is 4.64. The highest BCUT2D eigenvalue weighted by Crippen LogP contribution is 2.36. The third-order valence-corrected chi connectivity index (χ3v) is 6.38. The van der Waals surface area contributed by atoms with Gasteiger partial charge < -0.3 is 14.4 Å². The van der Waals surface area contributed by atoms with E-state index in [1.54, 1.807) is 6.92 Å². The molecule has 1 aliphatic carbocycles. The Morgan fingerprint density at radius 3 is 2.89 bits per heavy atom. The molecule has 3 heterocycles. The molecule has 1 saturated carbocycles. The molecule has 1 aromatic carbocycles. The molecule has 5 rings (SSSR count). The van der Waals surface area contributed by atoms with Crippen LogP contribution in [0, 0.1) is 5.82 Å². The van der Waals surface area contributed by atoms with Crippen LogP contribution in [0.25, 0.3) is 11.3 Å². The molecule has 0 spiro atoms. The van der Waals surface area contributed by atoms with E-state index in [4.69, 9.17) is 21.1 Å². The fraction of sp³-hybridized carbons (Fsp3) is 0.360. The molecule has 0 N–H and O–H groups in total. The highest BCUT2D eigenvalue weighted by Gasteiger charge is 2.30. The molecule has 0 bridgehead atoms. The highest BCUT2D eigenvalue weighted by molar-refractivity contribution is 6.30. The van der Waals surface area contributed by atoms with Crippen LogP contribution in [0.3, 0.4) is 0 Å². The quantitative estimate of drug-likeness (QED) is 0.346. The molecule has 8 nitrogen and oxygen atoms in total. The lowest BCUT2D eigenvalue weighted by atomic mass is 10.0. The number of hydrogen-bond donors (Lipinski definition) is 0. The van der Waals surface area contributed by atoms with Gasteiger partial charge in [-0.25, -0.2) is 14.2 Å². The number of aldehydes is 1. The second kappa shape index (κ2) is 9.75. The van der Waals surface area contributed by atoms with Gasteiger partial charge in [-0.05, 0) is 44.0 Å². The zero-order chi connectivity index (χ0) is 24.5. The van der Waals surface area contributed by atoms with Crippen LogP contribution in [0.4, 0.5) is 10.2 Å². The average Bonchev–Trinajstić information content (AvgIpc) is 3.59. The van der Waals surface area contributed by atoms with Gasteiger partial charge in [0.15, 0.2) is 6.29 Å². The molecule has 10 heteroatoms. The molecule has 1 atom stereocenters. The van der Waals surface area contributed by atoms with E-state index in [9.17, 15) is 14.0 Å². The minimum atomic E-state index is -0.676. The summed E-state index contributed by atoms with van der Waals surface area (Å²) in [5.41, 5.74) is 1.07. The van der Waals surface area contributed by atoms with E-state index in [1.807, 2.05) is 22.0 Å². The number of rotatable bonds is 7. The number of nitrogens with zero attached hydrogens (tertiary/aromatic N) is 4. The minimum Gasteiger partial charge on any atom is -0.462 e. The first-order valence-corrected chi connectivity index (χ1v) is 11.9. The number of carbonyl (C=O) groups is 2. The number of hydrogen-bond acceptors (Lipinski definition) is 7. The molecule has 1 saturated heterocycles. The molecular formula is C25H24ClFN4O4. The first-order valence-electron chi connectivity index (χ1n) is 11.5. The Morgan fingerprint density at radius 2 is 2.17 bits per heavy atom. The normalized spacial score (nSPS) is 17.9. The number of pyridine rings is 1. The summed E-state index contributed by atoms with van der Waals surface area (Å²) >= 11 is 5.92. The first kappa shape index (κ1) is 23.4. The van der Waals surface area contributed by atoms with Gasteiger partial charge in [-0.3, -0.25) is 9.48 Å². The molecule has 3 aromatic rings. The molecule has 182 valence electrons. The summed E-state index contributed by atoms with van der Waals surface area (Å²) in [7, 11) is 0. The van der Waals surface area contributed by atoms with Crippen LogP contribution in [-0.4, -0.2) is 53.3 Å². The largest absolute Gasteiger partial charge is 0.462 e. The van der Waals surface area contributed by atoms with Crippen molar-refractivity contribution < 1.29 is 23.5 Å². The Morgan fingerprint density at radius 1 is 1.34 bits per heavy atom. The number of benzene rings is 1. The second-order valence-electron chi connectivity index (χ2n) is 8.54. The third kappa shape index (κ3) is 4.78. The van der Waals surface area contributed by atoms with Gasteiger partial charge in [0.25, 0.3) is 0 Å². The van der Waals surface area contributed by atoms with E-state index < -0.39 is 11.8 Å². The molecule has 35 heavy (non-hydrogen) atoms. The molecule has 1 aliphatic heterocycles. The lowest BCUT2D eigenvalue weighted by Crippen LogP contribution is -2.39. The predicted molar refractivity (Wildman–Crippen MR) is 127 cm³/mol. The molecule has 2 aromatic heterocycles. The molecular weight excluding hydrogens is 475 g/mol. The van der Waals surface area contributed by atoms with Gasteiger partial charge in [0.2, 0.25) is 0 Å². The van der Waals surface area contributed by atoms with Crippen LogP contribution in [0.2, 0.25) is 5.02 Å². The van der Waals surface area contributed by atoms with Gasteiger partial charge >= 0.3 is 5.97 Å². The molecule has 0 radical (unpaired) electrons. The summed E-state index contributed by atoms with van der Waals surface area (Å²) < 4.78 is 28.0. The summed E-state index contributed by atoms with van der Waals surface area (Å²) in [5, 5.41) is 4.66. The maximum Gasteiger partial charge on any atom is 0.339 e. The zero-order valence-electron chi connectivity index (χ0n) is 19.1. The molecule has 0 amide bonds. The lowest BCUT2D eigenvalue weighted by molar-refractivity contribution is 0.0394. The van der Waals surface area contributed by atoms with Crippen molar-refractivity contribution in [3.63, 3.8) is 0 Å². The number of halogens is 2. The van der Waals surface area contributed by atoms with Gasteiger partial charge in [-0.1, -0.05) is 11.6 Å². The topological polar surface area (TPSA) is 86.5 Å². The lowest BCUT2D eigenvalue weighted by Gasteiger charge is -2.34. The van der Waals surface area contributed by atoms with Crippen molar-refractivity contribution in [2.75, 3.05) is 31.2 Å². The summed E-state index contributed by atoms with van der Waals surface area (Å²) in [4.78, 5) is 31.4. The Hall–Kier alpha value is -3.30. The van der Waals surface area contributed by atoms with Crippen LogP contribution in [0.5, 0.6) is 0 Å². The summed E-state index contributed by atoms with van der Waals surface area (Å²) in [6.07, 6.45) is 6.34. The number of carbonyl (C=O) groups excluding carboxylic acids is 2. The summed E-state index contributed by atoms with van der Waals surface area (Å²) in [6.45, 7) is 3.19. The Bertz CT molecular complexity index is 1280. The van der Waals surface area contributed by atoms with Crippen molar-refractivity contribution in [2.24, 2.45) is 0 Å². The number of ether oxygens (including phenoxy) is 2. The van der Waals surface area contributed by atoms with E-state index in [2.05, 4.69) is 10.1 Å². The number of esters is 1. The Labute approximate surface area is 206 Å². The highest BCUT2D eigenvalue weighted by atomic mass is 35.5. The SMILES string of the molecule is CCOC(=O)c1cc(N2CCOC(c3cnn(C4CC4)c3)C2)nc(-c2ccc(Cl)cc2F)c1C=O. The smallest absolute Gasteiger partial charge is 0.339 e. The summed E-state index contributed by atoms with van der Waals surface area (Å²) in [6, 6.07) is 6.08. The van der Waals surface area contributed by atoms with Crippen LogP contribution in [0.15, 0.2) is 36.7 Å². The molecule has 1 unspecified atom stereocenters. The number of aromatic nitrogens is 3. The van der Waals surface area contributed by atoms with Gasteiger partial charge in [-0.15, -0.1) is 0 Å². The van der Waals surface area contributed by atoms with Crippen molar-refractivity contribution in [1.82, 2.24) is 14.8 Å². The van der Waals surface area contributed by atoms with Gasteiger partial charge in [0.05, 0.1) is 42.3 Å². The van der Waals surface area contributed by atoms with Crippen molar-refractivity contribution in [1.29, 1.82) is 0 Å². The maximum atomic E-state index is 14.9. The van der Waals surface area contributed by atoms with E-state index in [1.165, 1.54) is 18.2 Å². The molecule has 2 aliphatic rings. The fourth-order valence-electron chi connectivity index (χ4n) is 4.20. The van der Waals surface area contributed by atoms with Crippen LogP contribution < -0.4 is 4.90 Å². The monoisotopic (exact) mass is 498 g/mol. The second-order valence-corrected chi connectivity index (χ2v) is 8.98. The van der Waals surface area contributed by atoms with E-state index in [0.717, 1.165) is 24.5 Å². The van der Waals surface area contributed by atoms with Crippen LogP contribution in [-0.2, 0) is 9.47 Å². The fourth-order valence-corrected chi connectivity index (χ4v) is 4.36. The average molecular weight is 499 g/mol. The van der Waals surface area contributed by atoms with Gasteiger partial charge in [-0.2, -0.15) is 5.10 Å². The summed E-state index contributed by atoms with van der Waals surface area (Å²) in [5.74, 6) is -0.900.